The Labute approximate surface area is 204 Å². The summed E-state index contributed by atoms with van der Waals surface area (Å²) in [5.41, 5.74) is 3.01. The zero-order valence-electron chi connectivity index (χ0n) is 19.5. The van der Waals surface area contributed by atoms with E-state index in [-0.39, 0.29) is 30.4 Å². The largest absolute Gasteiger partial charge is 0.573 e. The van der Waals surface area contributed by atoms with Crippen molar-refractivity contribution < 1.29 is 27.5 Å². The Bertz CT molecular complexity index is 1260. The number of carbonyl (C=O) groups is 2. The van der Waals surface area contributed by atoms with E-state index in [4.69, 9.17) is 4.98 Å². The Kier molecular flexibility index (Phi) is 7.11. The van der Waals surface area contributed by atoms with E-state index in [9.17, 15) is 22.8 Å². The van der Waals surface area contributed by atoms with Crippen molar-refractivity contribution in [2.45, 2.75) is 25.7 Å². The van der Waals surface area contributed by atoms with Crippen molar-refractivity contribution in [3.8, 4) is 5.75 Å². The van der Waals surface area contributed by atoms with Crippen LogP contribution in [0.3, 0.4) is 0 Å². The fraction of sp³-hybridized carbons (Fsp3) is 0.375. The van der Waals surface area contributed by atoms with Crippen molar-refractivity contribution in [2.24, 2.45) is 0 Å². The molecule has 0 atom stereocenters. The molecule has 0 radical (unpaired) electrons. The van der Waals surface area contributed by atoms with E-state index in [0.29, 0.717) is 26.3 Å². The lowest BCUT2D eigenvalue weighted by atomic mass is 10.0. The monoisotopic (exact) mass is 506 g/mol. The average molecular weight is 507 g/mol. The number of amides is 1. The molecule has 11 heteroatoms. The van der Waals surface area contributed by atoms with Gasteiger partial charge in [-0.3, -0.25) is 9.59 Å². The number of nitrogens with zero attached hydrogens (tertiary/aromatic N) is 3. The third kappa shape index (κ3) is 6.16. The van der Waals surface area contributed by atoms with E-state index in [1.807, 2.05) is 13.1 Å². The smallest absolute Gasteiger partial charge is 0.406 e. The number of rotatable bonds is 7. The van der Waals surface area contributed by atoms with Gasteiger partial charge in [0.25, 0.3) is 0 Å². The van der Waals surface area contributed by atoms with Crippen LogP contribution in [0.5, 0.6) is 5.75 Å². The number of thiophene rings is 1. The molecule has 1 amide bonds. The molecule has 7 nitrogen and oxygen atoms in total. The molecule has 3 heterocycles. The highest BCUT2D eigenvalue weighted by Crippen LogP contribution is 2.38. The minimum Gasteiger partial charge on any atom is -0.406 e. The van der Waals surface area contributed by atoms with Crippen molar-refractivity contribution in [1.29, 1.82) is 0 Å². The molecule has 186 valence electrons. The molecule has 0 fully saturated rings. The number of halogens is 3. The Morgan fingerprint density at radius 1 is 1.23 bits per heavy atom. The van der Waals surface area contributed by atoms with Crippen LogP contribution in [0.15, 0.2) is 30.3 Å². The maximum absolute atomic E-state index is 13.3. The molecule has 0 spiro atoms. The van der Waals surface area contributed by atoms with Gasteiger partial charge in [-0.25, -0.2) is 4.98 Å². The number of benzene rings is 1. The molecule has 4 rings (SSSR count). The Morgan fingerprint density at radius 3 is 2.60 bits per heavy atom. The summed E-state index contributed by atoms with van der Waals surface area (Å²) in [6, 6.07) is 7.18. The molecule has 0 unspecified atom stereocenters. The molecule has 0 saturated carbocycles. The van der Waals surface area contributed by atoms with Gasteiger partial charge < -0.3 is 19.9 Å². The SMILES string of the molecule is CN(C)CC(=O)Nc1c(C(=O)Cc2ccc(OC(F)(F)F)cc2)sc2nc3c(cc12)CN(C)CC3. The summed E-state index contributed by atoms with van der Waals surface area (Å²) in [6.07, 6.45) is -4.02. The van der Waals surface area contributed by atoms with E-state index in [2.05, 4.69) is 15.0 Å². The van der Waals surface area contributed by atoms with Crippen LogP contribution in [0.2, 0.25) is 0 Å². The molecule has 2 aromatic heterocycles. The van der Waals surface area contributed by atoms with Gasteiger partial charge in [0.1, 0.15) is 10.6 Å². The predicted molar refractivity (Wildman–Crippen MR) is 128 cm³/mol. The first-order chi connectivity index (χ1) is 16.5. The van der Waals surface area contributed by atoms with Gasteiger partial charge in [-0.15, -0.1) is 24.5 Å². The van der Waals surface area contributed by atoms with Crippen LogP contribution in [0.25, 0.3) is 10.2 Å². The van der Waals surface area contributed by atoms with Gasteiger partial charge in [0.15, 0.2) is 5.78 Å². The number of pyridine rings is 1. The topological polar surface area (TPSA) is 74.8 Å². The number of carbonyl (C=O) groups excluding carboxylic acids is 2. The van der Waals surface area contributed by atoms with Crippen LogP contribution in [-0.4, -0.2) is 67.1 Å². The van der Waals surface area contributed by atoms with Crippen molar-refractivity contribution in [2.75, 3.05) is 39.5 Å². The highest BCUT2D eigenvalue weighted by atomic mass is 32.1. The number of hydrogen-bond acceptors (Lipinski definition) is 7. The maximum atomic E-state index is 13.3. The molecule has 0 saturated heterocycles. The van der Waals surface area contributed by atoms with Gasteiger partial charge >= 0.3 is 6.36 Å². The number of likely N-dealkylation sites (N-methyl/N-ethyl adjacent to an activating group) is 2. The highest BCUT2D eigenvalue weighted by molar-refractivity contribution is 7.21. The Balaban J connectivity index is 1.66. The molecule has 1 aromatic carbocycles. The number of anilines is 1. The molecule has 0 aliphatic carbocycles. The lowest BCUT2D eigenvalue weighted by Crippen LogP contribution is -2.28. The van der Waals surface area contributed by atoms with Gasteiger partial charge in [-0.2, -0.15) is 0 Å². The lowest BCUT2D eigenvalue weighted by molar-refractivity contribution is -0.274. The van der Waals surface area contributed by atoms with Gasteiger partial charge in [-0.05, 0) is 50.5 Å². The van der Waals surface area contributed by atoms with E-state index in [1.54, 1.807) is 19.0 Å². The molecular weight excluding hydrogens is 481 g/mol. The summed E-state index contributed by atoms with van der Waals surface area (Å²) in [7, 11) is 5.58. The van der Waals surface area contributed by atoms with Gasteiger partial charge in [0, 0.05) is 37.0 Å². The lowest BCUT2D eigenvalue weighted by Gasteiger charge is -2.24. The summed E-state index contributed by atoms with van der Waals surface area (Å²) < 4.78 is 41.1. The van der Waals surface area contributed by atoms with Gasteiger partial charge in [-0.1, -0.05) is 12.1 Å². The number of aromatic nitrogens is 1. The Morgan fingerprint density at radius 2 is 1.94 bits per heavy atom. The zero-order valence-corrected chi connectivity index (χ0v) is 20.3. The first kappa shape index (κ1) is 25.1. The molecular formula is C24H25F3N4O3S. The number of Topliss-reactive ketones (excluding diaryl/α,β-unsaturated/α-hetero) is 1. The van der Waals surface area contributed by atoms with Crippen LogP contribution >= 0.6 is 11.3 Å². The summed E-state index contributed by atoms with van der Waals surface area (Å²) in [4.78, 5) is 35.6. The van der Waals surface area contributed by atoms with Gasteiger partial charge in [0.05, 0.1) is 17.1 Å². The van der Waals surface area contributed by atoms with Crippen LogP contribution in [-0.2, 0) is 24.2 Å². The van der Waals surface area contributed by atoms with Crippen molar-refractivity contribution in [3.05, 3.63) is 52.0 Å². The number of ether oxygens (including phenoxy) is 1. The summed E-state index contributed by atoms with van der Waals surface area (Å²) in [6.45, 7) is 1.77. The first-order valence-corrected chi connectivity index (χ1v) is 11.8. The van der Waals surface area contributed by atoms with Crippen LogP contribution in [0.1, 0.15) is 26.5 Å². The molecule has 3 aromatic rings. The molecule has 1 aliphatic rings. The minimum atomic E-state index is -4.78. The maximum Gasteiger partial charge on any atom is 0.573 e. The number of hydrogen-bond donors (Lipinski definition) is 1. The van der Waals surface area contributed by atoms with Crippen molar-refractivity contribution in [1.82, 2.24) is 14.8 Å². The number of ketones is 1. The second-order valence-electron chi connectivity index (χ2n) is 8.82. The third-order valence-electron chi connectivity index (χ3n) is 5.52. The standard InChI is InChI=1S/C24H25F3N4O3S/c1-30(2)13-20(33)29-21-17-11-15-12-31(3)9-8-18(15)28-23(17)35-22(21)19(32)10-14-4-6-16(7-5-14)34-24(25,26)27/h4-7,11H,8-10,12-13H2,1-3H3,(H,29,33). The van der Waals surface area contributed by atoms with Crippen LogP contribution < -0.4 is 10.1 Å². The summed E-state index contributed by atoms with van der Waals surface area (Å²) in [5.74, 6) is -0.869. The fourth-order valence-electron chi connectivity index (χ4n) is 3.98. The quantitative estimate of drug-likeness (QED) is 0.487. The van der Waals surface area contributed by atoms with Crippen LogP contribution in [0.4, 0.5) is 18.9 Å². The highest BCUT2D eigenvalue weighted by Gasteiger charge is 2.31. The Hall–Kier alpha value is -3.02. The number of fused-ring (bicyclic) bond motifs is 2. The number of alkyl halides is 3. The van der Waals surface area contributed by atoms with E-state index in [1.165, 1.54) is 35.6 Å². The summed E-state index contributed by atoms with van der Waals surface area (Å²) in [5, 5.41) is 3.61. The fourth-order valence-corrected chi connectivity index (χ4v) is 5.05. The van der Waals surface area contributed by atoms with Gasteiger partial charge in [0.2, 0.25) is 5.91 Å². The second-order valence-corrected chi connectivity index (χ2v) is 9.82. The van der Waals surface area contributed by atoms with Crippen molar-refractivity contribution in [3.63, 3.8) is 0 Å². The number of nitrogens with one attached hydrogen (secondary N) is 1. The molecule has 35 heavy (non-hydrogen) atoms. The van der Waals surface area contributed by atoms with E-state index in [0.717, 1.165) is 30.8 Å². The molecule has 1 N–H and O–H groups in total. The first-order valence-electron chi connectivity index (χ1n) is 10.9. The zero-order chi connectivity index (χ0) is 25.3. The average Bonchev–Trinajstić information content (AvgIpc) is 3.09. The van der Waals surface area contributed by atoms with E-state index < -0.39 is 6.36 Å². The van der Waals surface area contributed by atoms with Crippen molar-refractivity contribution >= 4 is 38.9 Å². The second kappa shape index (κ2) is 9.92. The van der Waals surface area contributed by atoms with Crippen LogP contribution in [0, 0.1) is 0 Å². The third-order valence-corrected chi connectivity index (χ3v) is 6.66. The summed E-state index contributed by atoms with van der Waals surface area (Å²) >= 11 is 1.22. The molecule has 1 aliphatic heterocycles. The normalized spacial score (nSPS) is 14.3. The minimum absolute atomic E-state index is 0.0435. The molecule has 0 bridgehead atoms. The predicted octanol–water partition coefficient (Wildman–Crippen LogP) is 4.11. The van der Waals surface area contributed by atoms with E-state index >= 15 is 0 Å².